The van der Waals surface area contributed by atoms with Gasteiger partial charge in [0.25, 0.3) is 11.6 Å². The Hall–Kier alpha value is -2.84. The highest BCUT2D eigenvalue weighted by Crippen LogP contribution is 2.25. The van der Waals surface area contributed by atoms with Crippen molar-refractivity contribution in [3.8, 4) is 5.75 Å². The minimum atomic E-state index is -5.04. The van der Waals surface area contributed by atoms with Gasteiger partial charge in [-0.1, -0.05) is 30.3 Å². The molecule has 9 heteroatoms. The van der Waals surface area contributed by atoms with Crippen molar-refractivity contribution in [2.75, 3.05) is 0 Å². The zero-order valence-corrected chi connectivity index (χ0v) is 12.8. The molecule has 26 heavy (non-hydrogen) atoms. The van der Waals surface area contributed by atoms with E-state index >= 15 is 0 Å². The van der Waals surface area contributed by atoms with Crippen LogP contribution in [0.15, 0.2) is 48.5 Å². The second-order valence-electron chi connectivity index (χ2n) is 5.17. The average Bonchev–Trinajstić information content (AvgIpc) is 2.57. The second kappa shape index (κ2) is 7.19. The van der Waals surface area contributed by atoms with Crippen LogP contribution in [0.25, 0.3) is 0 Å². The van der Waals surface area contributed by atoms with Gasteiger partial charge < -0.3 is 4.74 Å². The Kier molecular flexibility index (Phi) is 5.38. The van der Waals surface area contributed by atoms with Gasteiger partial charge in [0.2, 0.25) is 0 Å². The quantitative estimate of drug-likeness (QED) is 0.559. The van der Waals surface area contributed by atoms with E-state index in [4.69, 9.17) is 4.74 Å². The van der Waals surface area contributed by atoms with Crippen LogP contribution in [0.5, 0.6) is 5.75 Å². The summed E-state index contributed by atoms with van der Waals surface area (Å²) >= 11 is 0. The van der Waals surface area contributed by atoms with Crippen LogP contribution in [-0.4, -0.2) is 23.9 Å². The maximum Gasteiger partial charge on any atom is 0.454 e. The predicted molar refractivity (Wildman–Crippen MR) is 78.0 cm³/mol. The van der Waals surface area contributed by atoms with Crippen LogP contribution in [0.1, 0.15) is 26.3 Å². The van der Waals surface area contributed by atoms with Gasteiger partial charge in [0.05, 0.1) is 0 Å². The van der Waals surface area contributed by atoms with Crippen LogP contribution in [0, 0.1) is 0 Å². The minimum Gasteiger partial charge on any atom is -0.489 e. The molecule has 0 saturated carbocycles. The predicted octanol–water partition coefficient (Wildman–Crippen LogP) is 4.76. The lowest BCUT2D eigenvalue weighted by Crippen LogP contribution is -2.22. The molecule has 0 spiro atoms. The lowest BCUT2D eigenvalue weighted by atomic mass is 10.1. The number of rotatable bonds is 5. The van der Waals surface area contributed by atoms with E-state index in [1.807, 2.05) is 0 Å². The minimum absolute atomic E-state index is 0.0762. The van der Waals surface area contributed by atoms with Crippen molar-refractivity contribution in [2.45, 2.75) is 19.0 Å². The highest BCUT2D eigenvalue weighted by molar-refractivity contribution is 6.01. The molecule has 0 saturated heterocycles. The maximum absolute atomic E-state index is 12.4. The van der Waals surface area contributed by atoms with Gasteiger partial charge in [-0.05, 0) is 23.8 Å². The first kappa shape index (κ1) is 19.5. The van der Waals surface area contributed by atoms with Gasteiger partial charge in [0, 0.05) is 11.1 Å². The zero-order chi connectivity index (χ0) is 19.5. The SMILES string of the molecule is O=C(c1cccc(COc2cccc(C(=O)C(F)(F)F)c2)c1)C(F)(F)F. The highest BCUT2D eigenvalue weighted by atomic mass is 19.4. The van der Waals surface area contributed by atoms with E-state index in [2.05, 4.69) is 0 Å². The number of hydrogen-bond acceptors (Lipinski definition) is 3. The third-order valence-corrected chi connectivity index (χ3v) is 3.21. The number of ether oxygens (including phenoxy) is 1. The number of carbonyl (C=O) groups excluding carboxylic acids is 2. The fourth-order valence-corrected chi connectivity index (χ4v) is 2.02. The number of ketones is 2. The summed E-state index contributed by atoms with van der Waals surface area (Å²) in [7, 11) is 0. The topological polar surface area (TPSA) is 43.4 Å². The fourth-order valence-electron chi connectivity index (χ4n) is 2.02. The third kappa shape index (κ3) is 4.84. The molecule has 0 atom stereocenters. The van der Waals surface area contributed by atoms with E-state index in [0.717, 1.165) is 24.3 Å². The molecule has 0 unspecified atom stereocenters. The van der Waals surface area contributed by atoms with Crippen LogP contribution < -0.4 is 4.74 Å². The van der Waals surface area contributed by atoms with Gasteiger partial charge in [-0.3, -0.25) is 9.59 Å². The van der Waals surface area contributed by atoms with Crippen molar-refractivity contribution in [3.63, 3.8) is 0 Å². The Morgan fingerprint density at radius 3 is 1.81 bits per heavy atom. The number of alkyl halides is 6. The van der Waals surface area contributed by atoms with Gasteiger partial charge >= 0.3 is 12.4 Å². The lowest BCUT2D eigenvalue weighted by Gasteiger charge is -2.10. The molecule has 0 aromatic heterocycles. The molecule has 2 rings (SSSR count). The summed E-state index contributed by atoms with van der Waals surface area (Å²) in [4.78, 5) is 22.4. The number of carbonyl (C=O) groups is 2. The first-order valence-electron chi connectivity index (χ1n) is 7.03. The first-order valence-corrected chi connectivity index (χ1v) is 7.03. The van der Waals surface area contributed by atoms with Crippen molar-refractivity contribution in [1.29, 1.82) is 0 Å². The van der Waals surface area contributed by atoms with Gasteiger partial charge in [-0.15, -0.1) is 0 Å². The summed E-state index contributed by atoms with van der Waals surface area (Å²) in [5.41, 5.74) is -1.01. The van der Waals surface area contributed by atoms with Gasteiger partial charge in [0.15, 0.2) is 0 Å². The van der Waals surface area contributed by atoms with Crippen molar-refractivity contribution in [2.24, 2.45) is 0 Å². The summed E-state index contributed by atoms with van der Waals surface area (Å²) in [6.07, 6.45) is -10.1. The molecule has 0 bridgehead atoms. The van der Waals surface area contributed by atoms with E-state index in [-0.39, 0.29) is 17.9 Å². The highest BCUT2D eigenvalue weighted by Gasteiger charge is 2.40. The Balaban J connectivity index is 2.13. The normalized spacial score (nSPS) is 11.9. The Morgan fingerprint density at radius 1 is 0.769 bits per heavy atom. The molecular weight excluding hydrogens is 366 g/mol. The molecule has 0 N–H and O–H groups in total. The number of halogens is 6. The summed E-state index contributed by atoms with van der Waals surface area (Å²) < 4.78 is 79.8. The summed E-state index contributed by atoms with van der Waals surface area (Å²) in [5, 5.41) is 0. The van der Waals surface area contributed by atoms with E-state index in [1.54, 1.807) is 0 Å². The van der Waals surface area contributed by atoms with Crippen molar-refractivity contribution < 1.29 is 40.7 Å². The fraction of sp³-hybridized carbons (Fsp3) is 0.176. The van der Waals surface area contributed by atoms with Crippen LogP contribution in [-0.2, 0) is 6.61 Å². The molecular formula is C17H10F6O3. The zero-order valence-electron chi connectivity index (χ0n) is 12.8. The molecule has 0 radical (unpaired) electrons. The molecule has 0 amide bonds. The molecule has 3 nitrogen and oxygen atoms in total. The Bertz CT molecular complexity index is 754. The number of hydrogen-bond donors (Lipinski definition) is 0. The smallest absolute Gasteiger partial charge is 0.454 e. The second-order valence-corrected chi connectivity index (χ2v) is 5.17. The summed E-state index contributed by atoms with van der Waals surface area (Å²) in [6.45, 7) is -0.303. The molecule has 2 aromatic rings. The lowest BCUT2D eigenvalue weighted by molar-refractivity contribution is -0.0888. The van der Waals surface area contributed by atoms with Gasteiger partial charge in [-0.2, -0.15) is 26.3 Å². The summed E-state index contributed by atoms with van der Waals surface area (Å²) in [6, 6.07) is 8.88. The molecule has 0 heterocycles. The summed E-state index contributed by atoms with van der Waals surface area (Å²) in [5.74, 6) is -4.13. The molecule has 0 aliphatic carbocycles. The van der Waals surface area contributed by atoms with Crippen molar-refractivity contribution in [3.05, 3.63) is 65.2 Å². The third-order valence-electron chi connectivity index (χ3n) is 3.21. The Labute approximate surface area is 143 Å². The Morgan fingerprint density at radius 2 is 1.27 bits per heavy atom. The van der Waals surface area contributed by atoms with E-state index in [1.165, 1.54) is 24.3 Å². The first-order chi connectivity index (χ1) is 12.0. The maximum atomic E-state index is 12.4. The largest absolute Gasteiger partial charge is 0.489 e. The van der Waals surface area contributed by atoms with Crippen LogP contribution in [0.2, 0.25) is 0 Å². The van der Waals surface area contributed by atoms with Crippen LogP contribution in [0.3, 0.4) is 0 Å². The van der Waals surface area contributed by atoms with Gasteiger partial charge in [0.1, 0.15) is 12.4 Å². The molecule has 0 fully saturated rings. The molecule has 2 aromatic carbocycles. The molecule has 0 aliphatic heterocycles. The van der Waals surface area contributed by atoms with Crippen LogP contribution in [0.4, 0.5) is 26.3 Å². The van der Waals surface area contributed by atoms with E-state index < -0.39 is 35.0 Å². The van der Waals surface area contributed by atoms with E-state index in [0.29, 0.717) is 0 Å². The monoisotopic (exact) mass is 376 g/mol. The van der Waals surface area contributed by atoms with Crippen LogP contribution >= 0.6 is 0 Å². The van der Waals surface area contributed by atoms with Gasteiger partial charge in [-0.25, -0.2) is 0 Å². The molecule has 138 valence electrons. The van der Waals surface area contributed by atoms with Crippen molar-refractivity contribution in [1.82, 2.24) is 0 Å². The average molecular weight is 376 g/mol. The number of benzene rings is 2. The van der Waals surface area contributed by atoms with Crippen molar-refractivity contribution >= 4 is 11.6 Å². The molecule has 0 aliphatic rings. The van der Waals surface area contributed by atoms with E-state index in [9.17, 15) is 35.9 Å². The number of Topliss-reactive ketones (excluding diaryl/α,β-unsaturated/α-hetero) is 2. The standard InChI is InChI=1S/C17H10F6O3/c18-16(19,20)14(24)11-4-1-3-10(7-11)9-26-13-6-2-5-12(8-13)15(25)17(21,22)23/h1-8H,9H2.